The largest absolute Gasteiger partial charge is 0.383 e. The summed E-state index contributed by atoms with van der Waals surface area (Å²) in [6.45, 7) is 11.7. The van der Waals surface area contributed by atoms with Gasteiger partial charge in [-0.15, -0.1) is 0 Å². The molecule has 0 saturated carbocycles. The third kappa shape index (κ3) is 5.32. The molecule has 0 aliphatic carbocycles. The Bertz CT molecular complexity index is 686. The zero-order valence-electron chi connectivity index (χ0n) is 15.9. The normalized spacial score (nSPS) is 10.6. The number of anilines is 4. The van der Waals surface area contributed by atoms with Crippen LogP contribution in [0.4, 0.5) is 23.0 Å². The molecule has 0 radical (unpaired) electrons. The van der Waals surface area contributed by atoms with Gasteiger partial charge in [0.2, 0.25) is 0 Å². The van der Waals surface area contributed by atoms with Crippen molar-refractivity contribution < 1.29 is 4.74 Å². The summed E-state index contributed by atoms with van der Waals surface area (Å²) in [6.07, 6.45) is 0. The van der Waals surface area contributed by atoms with Gasteiger partial charge in [-0.25, -0.2) is 9.97 Å². The van der Waals surface area contributed by atoms with Crippen molar-refractivity contribution in [2.45, 2.75) is 27.7 Å². The first-order valence-electron chi connectivity index (χ1n) is 8.78. The summed E-state index contributed by atoms with van der Waals surface area (Å²) in [5.41, 5.74) is 3.49. The Kier molecular flexibility index (Phi) is 7.01. The summed E-state index contributed by atoms with van der Waals surface area (Å²) in [7, 11) is 1.69. The van der Waals surface area contributed by atoms with Crippen molar-refractivity contribution >= 4 is 23.0 Å². The Balaban J connectivity index is 2.16. The van der Waals surface area contributed by atoms with Crippen LogP contribution in [0.15, 0.2) is 24.3 Å². The molecule has 6 heteroatoms. The lowest BCUT2D eigenvalue weighted by molar-refractivity contribution is 0.210. The number of ether oxygens (including phenoxy) is 1. The topological polar surface area (TPSA) is 62.3 Å². The van der Waals surface area contributed by atoms with E-state index < -0.39 is 0 Å². The molecule has 0 fully saturated rings. The highest BCUT2D eigenvalue weighted by Crippen LogP contribution is 2.25. The summed E-state index contributed by atoms with van der Waals surface area (Å²) in [6, 6.07) is 8.38. The molecule has 0 spiro atoms. The van der Waals surface area contributed by atoms with E-state index >= 15 is 0 Å². The summed E-state index contributed by atoms with van der Waals surface area (Å²) in [5.74, 6) is 2.30. The van der Waals surface area contributed by atoms with E-state index in [1.165, 1.54) is 11.3 Å². The number of methoxy groups -OCH3 is 1. The van der Waals surface area contributed by atoms with Gasteiger partial charge in [0, 0.05) is 44.2 Å². The van der Waals surface area contributed by atoms with Crippen LogP contribution in [0.25, 0.3) is 0 Å². The first kappa shape index (κ1) is 19.0. The molecular formula is C19H29N5O. The van der Waals surface area contributed by atoms with Crippen molar-refractivity contribution in [1.29, 1.82) is 0 Å². The number of rotatable bonds is 9. The zero-order chi connectivity index (χ0) is 18.2. The summed E-state index contributed by atoms with van der Waals surface area (Å²) < 4.78 is 5.06. The minimum Gasteiger partial charge on any atom is -0.383 e. The van der Waals surface area contributed by atoms with Gasteiger partial charge in [-0.1, -0.05) is 0 Å². The standard InChI is InChI=1S/C19H29N5O/c1-6-24(7-2)16-8-9-17(14(3)12-16)23-19-13-18(20-10-11-25-5)21-15(4)22-19/h8-9,12-13H,6-7,10-11H2,1-5H3,(H2,20,21,22,23). The molecule has 0 amide bonds. The number of hydrogen-bond donors (Lipinski definition) is 2. The molecule has 2 aromatic rings. The fraction of sp³-hybridized carbons (Fsp3) is 0.474. The molecule has 2 N–H and O–H groups in total. The van der Waals surface area contributed by atoms with Gasteiger partial charge in [0.05, 0.1) is 6.61 Å². The van der Waals surface area contributed by atoms with Crippen LogP contribution in [0.2, 0.25) is 0 Å². The van der Waals surface area contributed by atoms with Crippen LogP contribution < -0.4 is 15.5 Å². The van der Waals surface area contributed by atoms with Crippen LogP contribution in [0.3, 0.4) is 0 Å². The van der Waals surface area contributed by atoms with E-state index in [-0.39, 0.29) is 0 Å². The fourth-order valence-corrected chi connectivity index (χ4v) is 2.71. The van der Waals surface area contributed by atoms with E-state index in [1.807, 2.05) is 13.0 Å². The van der Waals surface area contributed by atoms with E-state index in [1.54, 1.807) is 7.11 Å². The molecule has 2 rings (SSSR count). The maximum atomic E-state index is 5.06. The Morgan fingerprint density at radius 3 is 2.40 bits per heavy atom. The van der Waals surface area contributed by atoms with Gasteiger partial charge in [0.25, 0.3) is 0 Å². The van der Waals surface area contributed by atoms with E-state index in [0.29, 0.717) is 13.2 Å². The van der Waals surface area contributed by atoms with Gasteiger partial charge in [0.15, 0.2) is 0 Å². The number of nitrogens with zero attached hydrogens (tertiary/aromatic N) is 3. The van der Waals surface area contributed by atoms with Crippen molar-refractivity contribution in [2.24, 2.45) is 0 Å². The van der Waals surface area contributed by atoms with Crippen molar-refractivity contribution in [3.05, 3.63) is 35.7 Å². The van der Waals surface area contributed by atoms with Gasteiger partial charge in [-0.3, -0.25) is 0 Å². The maximum absolute atomic E-state index is 5.06. The van der Waals surface area contributed by atoms with Gasteiger partial charge in [0.1, 0.15) is 17.5 Å². The monoisotopic (exact) mass is 343 g/mol. The third-order valence-electron chi connectivity index (χ3n) is 4.05. The molecule has 0 aliphatic heterocycles. The lowest BCUT2D eigenvalue weighted by atomic mass is 10.1. The van der Waals surface area contributed by atoms with Crippen LogP contribution in [0, 0.1) is 13.8 Å². The van der Waals surface area contributed by atoms with Crippen LogP contribution in [0.5, 0.6) is 0 Å². The molecule has 0 unspecified atom stereocenters. The zero-order valence-corrected chi connectivity index (χ0v) is 15.9. The Morgan fingerprint density at radius 1 is 1.04 bits per heavy atom. The predicted molar refractivity (Wildman–Crippen MR) is 105 cm³/mol. The first-order chi connectivity index (χ1) is 12.1. The Morgan fingerprint density at radius 2 is 1.76 bits per heavy atom. The van der Waals surface area contributed by atoms with Gasteiger partial charge in [-0.05, 0) is 51.5 Å². The predicted octanol–water partition coefficient (Wildman–Crippen LogP) is 3.74. The minimum atomic E-state index is 0.637. The van der Waals surface area contributed by atoms with Gasteiger partial charge in [-0.2, -0.15) is 0 Å². The van der Waals surface area contributed by atoms with Crippen LogP contribution in [0.1, 0.15) is 25.2 Å². The number of aromatic nitrogens is 2. The summed E-state index contributed by atoms with van der Waals surface area (Å²) in [5, 5.41) is 6.65. The quantitative estimate of drug-likeness (QED) is 0.676. The van der Waals surface area contributed by atoms with Crippen molar-refractivity contribution in [3.63, 3.8) is 0 Å². The highest BCUT2D eigenvalue weighted by atomic mass is 16.5. The maximum Gasteiger partial charge on any atom is 0.136 e. The van der Waals surface area contributed by atoms with Crippen molar-refractivity contribution in [3.8, 4) is 0 Å². The second-order valence-electron chi connectivity index (χ2n) is 5.90. The summed E-state index contributed by atoms with van der Waals surface area (Å²) >= 11 is 0. The van der Waals surface area contributed by atoms with Crippen LogP contribution in [-0.4, -0.2) is 43.3 Å². The molecular weight excluding hydrogens is 314 g/mol. The lowest BCUT2D eigenvalue weighted by Gasteiger charge is -2.22. The Labute approximate surface area is 150 Å². The third-order valence-corrected chi connectivity index (χ3v) is 4.05. The molecule has 1 heterocycles. The molecule has 0 bridgehead atoms. The number of nitrogens with one attached hydrogen (secondary N) is 2. The molecule has 0 saturated heterocycles. The fourth-order valence-electron chi connectivity index (χ4n) is 2.71. The number of aryl methyl sites for hydroxylation is 2. The second kappa shape index (κ2) is 9.22. The van der Waals surface area contributed by atoms with E-state index in [9.17, 15) is 0 Å². The van der Waals surface area contributed by atoms with Crippen LogP contribution >= 0.6 is 0 Å². The summed E-state index contributed by atoms with van der Waals surface area (Å²) in [4.78, 5) is 11.2. The highest BCUT2D eigenvalue weighted by molar-refractivity contribution is 5.66. The molecule has 0 atom stereocenters. The molecule has 25 heavy (non-hydrogen) atoms. The molecule has 0 aliphatic rings. The number of benzene rings is 1. The van der Waals surface area contributed by atoms with Crippen molar-refractivity contribution in [1.82, 2.24) is 9.97 Å². The SMILES string of the molecule is CCN(CC)c1ccc(Nc2cc(NCCOC)nc(C)n2)c(C)c1. The Hall–Kier alpha value is -2.34. The second-order valence-corrected chi connectivity index (χ2v) is 5.90. The van der Waals surface area contributed by atoms with Crippen molar-refractivity contribution in [2.75, 3.05) is 48.9 Å². The van der Waals surface area contributed by atoms with Gasteiger partial charge >= 0.3 is 0 Å². The van der Waals surface area contributed by atoms with E-state index in [4.69, 9.17) is 4.74 Å². The highest BCUT2D eigenvalue weighted by Gasteiger charge is 2.07. The molecule has 1 aromatic carbocycles. The van der Waals surface area contributed by atoms with Crippen LogP contribution in [-0.2, 0) is 4.74 Å². The molecule has 136 valence electrons. The average Bonchev–Trinajstić information content (AvgIpc) is 2.58. The average molecular weight is 343 g/mol. The minimum absolute atomic E-state index is 0.637. The smallest absolute Gasteiger partial charge is 0.136 e. The molecule has 1 aromatic heterocycles. The first-order valence-corrected chi connectivity index (χ1v) is 8.78. The molecule has 6 nitrogen and oxygen atoms in total. The van der Waals surface area contributed by atoms with Gasteiger partial charge < -0.3 is 20.3 Å². The lowest BCUT2D eigenvalue weighted by Crippen LogP contribution is -2.21. The van der Waals surface area contributed by atoms with E-state index in [0.717, 1.165) is 36.2 Å². The number of hydrogen-bond acceptors (Lipinski definition) is 6. The van der Waals surface area contributed by atoms with E-state index in [2.05, 4.69) is 64.5 Å².